The van der Waals surface area contributed by atoms with E-state index in [1.165, 1.54) is 30.3 Å². The second kappa shape index (κ2) is 11.9. The van der Waals surface area contributed by atoms with Gasteiger partial charge in [0, 0.05) is 11.1 Å². The van der Waals surface area contributed by atoms with E-state index in [4.69, 9.17) is 0 Å². The lowest BCUT2D eigenvalue weighted by Gasteiger charge is -2.29. The Morgan fingerprint density at radius 1 is 0.775 bits per heavy atom. The predicted octanol–water partition coefficient (Wildman–Crippen LogP) is 10.9. The second-order valence-electron chi connectivity index (χ2n) is 9.81. The Kier molecular flexibility index (Phi) is 8.80. The molecule has 0 nitrogen and oxygen atoms in total. The summed E-state index contributed by atoms with van der Waals surface area (Å²) in [5, 5.41) is 0. The summed E-state index contributed by atoms with van der Waals surface area (Å²) >= 11 is 0. The highest BCUT2D eigenvalue weighted by Crippen LogP contribution is 2.43. The first kappa shape index (κ1) is 29.5. The van der Waals surface area contributed by atoms with Gasteiger partial charge in [0.2, 0.25) is 0 Å². The summed E-state index contributed by atoms with van der Waals surface area (Å²) in [4.78, 5) is 0. The smallest absolute Gasteiger partial charge is 0.207 e. The third-order valence-corrected chi connectivity index (χ3v) is 7.23. The highest BCUT2D eigenvalue weighted by molar-refractivity contribution is 5.66. The maximum atomic E-state index is 14.9. The molecule has 0 saturated heterocycles. The molecule has 0 radical (unpaired) electrons. The number of halogens is 9. The van der Waals surface area contributed by atoms with Crippen LogP contribution in [0.3, 0.4) is 0 Å². The Bertz CT molecular complexity index is 1420. The fraction of sp³-hybridized carbons (Fsp3) is 0.290. The minimum absolute atomic E-state index is 0.0944. The van der Waals surface area contributed by atoms with E-state index in [-0.39, 0.29) is 28.5 Å². The van der Waals surface area contributed by atoms with Crippen LogP contribution in [-0.2, 0) is 6.18 Å². The normalized spacial score (nSPS) is 18.8. The van der Waals surface area contributed by atoms with E-state index in [0.29, 0.717) is 55.4 Å². The zero-order valence-corrected chi connectivity index (χ0v) is 21.4. The molecule has 1 aliphatic rings. The monoisotopic (exact) mass is 568 g/mol. The van der Waals surface area contributed by atoms with Crippen LogP contribution >= 0.6 is 0 Å². The maximum absolute atomic E-state index is 14.9. The minimum Gasteiger partial charge on any atom is -0.207 e. The molecule has 1 aliphatic carbocycles. The van der Waals surface area contributed by atoms with Crippen molar-refractivity contribution in [1.82, 2.24) is 0 Å². The minimum atomic E-state index is -5.23. The van der Waals surface area contributed by atoms with Crippen LogP contribution in [0.2, 0.25) is 0 Å². The molecular formula is C31H25F9. The van der Waals surface area contributed by atoms with Crippen molar-refractivity contribution in [2.75, 3.05) is 0 Å². The molecule has 0 aliphatic heterocycles. The highest BCUT2D eigenvalue weighted by Gasteiger charge is 2.38. The van der Waals surface area contributed by atoms with Gasteiger partial charge in [-0.2, -0.15) is 13.2 Å². The van der Waals surface area contributed by atoms with Gasteiger partial charge in [0.1, 0.15) is 28.8 Å². The van der Waals surface area contributed by atoms with E-state index in [1.807, 2.05) is 0 Å². The number of allylic oxidation sites excluding steroid dienone is 3. The van der Waals surface area contributed by atoms with Gasteiger partial charge in [0.05, 0.1) is 0 Å². The molecule has 40 heavy (non-hydrogen) atoms. The van der Waals surface area contributed by atoms with Crippen molar-refractivity contribution >= 4 is 5.83 Å². The van der Waals surface area contributed by atoms with Gasteiger partial charge in [0.25, 0.3) is 0 Å². The number of hydrogen-bond acceptors (Lipinski definition) is 0. The SMILES string of the molecule is CCC=CC(F)=C(F)c1ccc(C2CCC(c3ccc(-c4cc(F)c(C(F)(F)F)c(F)c4)c(F)c3)CC2)c(F)c1. The lowest BCUT2D eigenvalue weighted by Crippen LogP contribution is -2.13. The topological polar surface area (TPSA) is 0 Å². The van der Waals surface area contributed by atoms with Gasteiger partial charge >= 0.3 is 6.18 Å². The number of benzene rings is 3. The van der Waals surface area contributed by atoms with Gasteiger partial charge in [-0.15, -0.1) is 0 Å². The standard InChI is InChI=1S/C31H25F9/c1-2-3-4-24(32)30(37)20-10-12-22(26(34)14-20)18-7-5-17(6-8-18)19-9-11-23(25(33)13-19)21-15-27(35)29(28(36)16-21)31(38,39)40/h3-4,9-18H,2,5-8H2,1H3. The first-order valence-corrected chi connectivity index (χ1v) is 12.8. The van der Waals surface area contributed by atoms with Crippen molar-refractivity contribution < 1.29 is 39.5 Å². The van der Waals surface area contributed by atoms with Crippen molar-refractivity contribution in [1.29, 1.82) is 0 Å². The maximum Gasteiger partial charge on any atom is 0.422 e. The molecule has 0 spiro atoms. The molecule has 0 amide bonds. The summed E-state index contributed by atoms with van der Waals surface area (Å²) in [6.07, 6.45) is -0.0267. The molecule has 0 bridgehead atoms. The van der Waals surface area contributed by atoms with E-state index in [1.54, 1.807) is 13.0 Å². The molecule has 9 heteroatoms. The van der Waals surface area contributed by atoms with Crippen LogP contribution in [0.15, 0.2) is 66.5 Å². The highest BCUT2D eigenvalue weighted by atomic mass is 19.4. The summed E-state index contributed by atoms with van der Waals surface area (Å²) < 4.78 is 124. The molecule has 1 saturated carbocycles. The quantitative estimate of drug-likeness (QED) is 0.205. The molecule has 0 atom stereocenters. The van der Waals surface area contributed by atoms with Crippen LogP contribution in [0.1, 0.15) is 73.1 Å². The zero-order chi connectivity index (χ0) is 29.2. The van der Waals surface area contributed by atoms with Crippen LogP contribution in [0.4, 0.5) is 39.5 Å². The van der Waals surface area contributed by atoms with Crippen molar-refractivity contribution in [2.24, 2.45) is 0 Å². The zero-order valence-electron chi connectivity index (χ0n) is 21.4. The average Bonchev–Trinajstić information content (AvgIpc) is 2.90. The van der Waals surface area contributed by atoms with Crippen molar-refractivity contribution in [2.45, 2.75) is 57.0 Å². The van der Waals surface area contributed by atoms with Gasteiger partial charge in [-0.3, -0.25) is 0 Å². The molecule has 1 fully saturated rings. The summed E-state index contributed by atoms with van der Waals surface area (Å²) in [5.74, 6) is -7.64. The molecule has 0 N–H and O–H groups in total. The first-order valence-electron chi connectivity index (χ1n) is 12.8. The molecule has 0 unspecified atom stereocenters. The molecule has 4 rings (SSSR count). The molecule has 212 valence electrons. The van der Waals surface area contributed by atoms with E-state index >= 15 is 0 Å². The van der Waals surface area contributed by atoms with E-state index in [9.17, 15) is 39.5 Å². The van der Waals surface area contributed by atoms with Crippen LogP contribution in [0, 0.1) is 23.3 Å². The molecular weight excluding hydrogens is 543 g/mol. The Hall–Kier alpha value is -3.49. The van der Waals surface area contributed by atoms with Crippen LogP contribution in [0.25, 0.3) is 17.0 Å². The van der Waals surface area contributed by atoms with Crippen LogP contribution < -0.4 is 0 Å². The largest absolute Gasteiger partial charge is 0.422 e. The Balaban J connectivity index is 1.47. The van der Waals surface area contributed by atoms with Crippen LogP contribution in [-0.4, -0.2) is 0 Å². The summed E-state index contributed by atoms with van der Waals surface area (Å²) in [7, 11) is 0. The van der Waals surface area contributed by atoms with Gasteiger partial charge in [-0.05, 0) is 91.0 Å². The van der Waals surface area contributed by atoms with Gasteiger partial charge in [0.15, 0.2) is 11.7 Å². The lowest BCUT2D eigenvalue weighted by molar-refractivity contribution is -0.142. The molecule has 3 aromatic carbocycles. The van der Waals surface area contributed by atoms with Crippen molar-refractivity contribution in [3.05, 3.63) is 112 Å². The second-order valence-corrected chi connectivity index (χ2v) is 9.81. The Morgan fingerprint density at radius 2 is 1.40 bits per heavy atom. The van der Waals surface area contributed by atoms with Gasteiger partial charge < -0.3 is 0 Å². The first-order chi connectivity index (χ1) is 18.9. The Morgan fingerprint density at radius 3 is 1.95 bits per heavy atom. The number of hydrogen-bond donors (Lipinski definition) is 0. The van der Waals surface area contributed by atoms with Crippen molar-refractivity contribution in [3.8, 4) is 11.1 Å². The summed E-state index contributed by atoms with van der Waals surface area (Å²) in [6.45, 7) is 1.77. The molecule has 0 aromatic heterocycles. The molecule has 0 heterocycles. The number of alkyl halides is 3. The van der Waals surface area contributed by atoms with E-state index in [0.717, 1.165) is 12.1 Å². The van der Waals surface area contributed by atoms with E-state index in [2.05, 4.69) is 0 Å². The summed E-state index contributed by atoms with van der Waals surface area (Å²) in [6, 6.07) is 8.68. The fourth-order valence-corrected chi connectivity index (χ4v) is 5.18. The third-order valence-electron chi connectivity index (χ3n) is 7.23. The third kappa shape index (κ3) is 6.29. The molecule has 3 aromatic rings. The van der Waals surface area contributed by atoms with Crippen LogP contribution in [0.5, 0.6) is 0 Å². The Labute approximate surface area is 225 Å². The average molecular weight is 569 g/mol. The van der Waals surface area contributed by atoms with E-state index < -0.39 is 46.7 Å². The number of rotatable bonds is 6. The van der Waals surface area contributed by atoms with Gasteiger partial charge in [-0.25, -0.2) is 26.3 Å². The fourth-order valence-electron chi connectivity index (χ4n) is 5.18. The van der Waals surface area contributed by atoms with Crippen molar-refractivity contribution in [3.63, 3.8) is 0 Å². The summed E-state index contributed by atoms with van der Waals surface area (Å²) in [5.41, 5.74) is -1.85. The van der Waals surface area contributed by atoms with Gasteiger partial charge in [-0.1, -0.05) is 37.3 Å². The predicted molar refractivity (Wildman–Crippen MR) is 136 cm³/mol. The lowest BCUT2D eigenvalue weighted by atomic mass is 9.75.